The third-order valence-electron chi connectivity index (χ3n) is 4.46. The van der Waals surface area contributed by atoms with E-state index >= 15 is 0 Å². The number of hydrogen-bond donors (Lipinski definition) is 0. The lowest BCUT2D eigenvalue weighted by Gasteiger charge is -2.26. The lowest BCUT2D eigenvalue weighted by atomic mass is 10.1. The Kier molecular flexibility index (Phi) is 5.59. The number of aromatic nitrogens is 1. The Bertz CT molecular complexity index is 639. The first-order valence-electron chi connectivity index (χ1n) is 8.59. The van der Waals surface area contributed by atoms with Crippen molar-refractivity contribution in [2.45, 2.75) is 44.4 Å². The summed E-state index contributed by atoms with van der Waals surface area (Å²) < 4.78 is 6.21. The van der Waals surface area contributed by atoms with Gasteiger partial charge in [-0.2, -0.15) is 0 Å². The summed E-state index contributed by atoms with van der Waals surface area (Å²) in [6.07, 6.45) is 5.85. The molecule has 1 aromatic carbocycles. The van der Waals surface area contributed by atoms with Crippen LogP contribution in [0.2, 0.25) is 0 Å². The molecule has 4 nitrogen and oxygen atoms in total. The molecular weight excluding hydrogens is 300 g/mol. The molecular formula is C20H24N2O2. The summed E-state index contributed by atoms with van der Waals surface area (Å²) in [5.74, 6) is -0.0150. The SMILES string of the molecule is CN(Cc1ccccn1)C(=O)[C@H](OC1CCCC1)c1ccccc1. The number of likely N-dealkylation sites (N-methyl/N-ethyl adjacent to an activating group) is 1. The van der Waals surface area contributed by atoms with Crippen molar-refractivity contribution in [2.75, 3.05) is 7.05 Å². The molecule has 0 bridgehead atoms. The van der Waals surface area contributed by atoms with Gasteiger partial charge in [0.05, 0.1) is 18.3 Å². The summed E-state index contributed by atoms with van der Waals surface area (Å²) in [6, 6.07) is 15.5. The molecule has 0 unspecified atom stereocenters. The monoisotopic (exact) mass is 324 g/mol. The number of hydrogen-bond acceptors (Lipinski definition) is 3. The minimum atomic E-state index is -0.539. The van der Waals surface area contributed by atoms with Crippen molar-refractivity contribution in [1.82, 2.24) is 9.88 Å². The largest absolute Gasteiger partial charge is 0.360 e. The molecule has 1 heterocycles. The van der Waals surface area contributed by atoms with Crippen molar-refractivity contribution in [1.29, 1.82) is 0 Å². The van der Waals surface area contributed by atoms with Crippen LogP contribution in [0.15, 0.2) is 54.7 Å². The van der Waals surface area contributed by atoms with Crippen LogP contribution in [0.1, 0.15) is 43.0 Å². The molecule has 0 N–H and O–H groups in total. The smallest absolute Gasteiger partial charge is 0.256 e. The van der Waals surface area contributed by atoms with Gasteiger partial charge in [0, 0.05) is 13.2 Å². The van der Waals surface area contributed by atoms with Gasteiger partial charge in [0.2, 0.25) is 0 Å². The van der Waals surface area contributed by atoms with Crippen LogP contribution in [-0.2, 0) is 16.1 Å². The second-order valence-corrected chi connectivity index (χ2v) is 6.35. The van der Waals surface area contributed by atoms with Crippen LogP contribution < -0.4 is 0 Å². The average Bonchev–Trinajstić information content (AvgIpc) is 3.14. The molecule has 24 heavy (non-hydrogen) atoms. The Balaban J connectivity index is 1.74. The van der Waals surface area contributed by atoms with Crippen molar-refractivity contribution >= 4 is 5.91 Å². The molecule has 1 fully saturated rings. The number of nitrogens with zero attached hydrogens (tertiary/aromatic N) is 2. The molecule has 4 heteroatoms. The zero-order valence-corrected chi connectivity index (χ0v) is 14.1. The maximum Gasteiger partial charge on any atom is 0.256 e. The van der Waals surface area contributed by atoms with Gasteiger partial charge in [-0.25, -0.2) is 0 Å². The minimum absolute atomic E-state index is 0.0150. The van der Waals surface area contributed by atoms with Gasteiger partial charge in [0.1, 0.15) is 0 Å². The molecule has 3 rings (SSSR count). The standard InChI is InChI=1S/C20H24N2O2/c1-22(15-17-11-7-8-14-21-17)20(23)19(16-9-3-2-4-10-16)24-18-12-5-6-13-18/h2-4,7-11,14,18-19H,5-6,12-13,15H2,1H3/t19-/m1/s1. The Morgan fingerprint density at radius 1 is 1.17 bits per heavy atom. The topological polar surface area (TPSA) is 42.4 Å². The third kappa shape index (κ3) is 4.20. The fourth-order valence-electron chi connectivity index (χ4n) is 3.14. The van der Waals surface area contributed by atoms with Gasteiger partial charge in [-0.05, 0) is 30.5 Å². The van der Waals surface area contributed by atoms with Crippen LogP contribution >= 0.6 is 0 Å². The predicted octanol–water partition coefficient (Wildman–Crippen LogP) is 3.74. The zero-order chi connectivity index (χ0) is 16.8. The number of benzene rings is 1. The number of carbonyl (C=O) groups is 1. The molecule has 0 saturated heterocycles. The first-order chi connectivity index (χ1) is 11.7. The highest BCUT2D eigenvalue weighted by molar-refractivity contribution is 5.82. The first-order valence-corrected chi connectivity index (χ1v) is 8.59. The number of carbonyl (C=O) groups excluding carboxylic acids is 1. The molecule has 0 aliphatic heterocycles. The van der Waals surface area contributed by atoms with Crippen molar-refractivity contribution in [3.05, 3.63) is 66.0 Å². The van der Waals surface area contributed by atoms with Gasteiger partial charge in [-0.15, -0.1) is 0 Å². The Labute approximate surface area is 143 Å². The van der Waals surface area contributed by atoms with Gasteiger partial charge >= 0.3 is 0 Å². The van der Waals surface area contributed by atoms with Crippen LogP contribution in [0.5, 0.6) is 0 Å². The Morgan fingerprint density at radius 2 is 1.88 bits per heavy atom. The second-order valence-electron chi connectivity index (χ2n) is 6.35. The number of ether oxygens (including phenoxy) is 1. The second kappa shape index (κ2) is 8.06. The van der Waals surface area contributed by atoms with Crippen LogP contribution in [0, 0.1) is 0 Å². The van der Waals surface area contributed by atoms with E-state index in [0.29, 0.717) is 6.54 Å². The summed E-state index contributed by atoms with van der Waals surface area (Å²) >= 11 is 0. The Morgan fingerprint density at radius 3 is 2.54 bits per heavy atom. The van der Waals surface area contributed by atoms with Crippen LogP contribution in [0.4, 0.5) is 0 Å². The van der Waals surface area contributed by atoms with E-state index in [2.05, 4.69) is 4.98 Å². The molecule has 1 amide bonds. The summed E-state index contributed by atoms with van der Waals surface area (Å²) in [5.41, 5.74) is 1.79. The zero-order valence-electron chi connectivity index (χ0n) is 14.1. The molecule has 126 valence electrons. The van der Waals surface area contributed by atoms with Crippen molar-refractivity contribution in [3.63, 3.8) is 0 Å². The molecule has 1 aromatic heterocycles. The average molecular weight is 324 g/mol. The van der Waals surface area contributed by atoms with Crippen LogP contribution in [0.3, 0.4) is 0 Å². The van der Waals surface area contributed by atoms with Crippen LogP contribution in [-0.4, -0.2) is 28.9 Å². The van der Waals surface area contributed by atoms with E-state index in [1.54, 1.807) is 11.1 Å². The lowest BCUT2D eigenvalue weighted by Crippen LogP contribution is -2.34. The van der Waals surface area contributed by atoms with Crippen molar-refractivity contribution in [3.8, 4) is 0 Å². The highest BCUT2D eigenvalue weighted by Crippen LogP contribution is 2.29. The molecule has 1 atom stereocenters. The highest BCUT2D eigenvalue weighted by atomic mass is 16.5. The highest BCUT2D eigenvalue weighted by Gasteiger charge is 2.29. The maximum atomic E-state index is 13.0. The fourth-order valence-corrected chi connectivity index (χ4v) is 3.14. The summed E-state index contributed by atoms with van der Waals surface area (Å²) in [4.78, 5) is 19.0. The number of pyridine rings is 1. The lowest BCUT2D eigenvalue weighted by molar-refractivity contribution is -0.147. The van der Waals surface area contributed by atoms with Crippen molar-refractivity contribution < 1.29 is 9.53 Å². The third-order valence-corrected chi connectivity index (χ3v) is 4.46. The summed E-state index contributed by atoms with van der Waals surface area (Å²) in [5, 5.41) is 0. The van der Waals surface area contributed by atoms with Gasteiger partial charge in [-0.1, -0.05) is 49.2 Å². The van der Waals surface area contributed by atoms with Gasteiger partial charge in [0.25, 0.3) is 5.91 Å². The van der Waals surface area contributed by atoms with E-state index in [1.165, 1.54) is 12.8 Å². The van der Waals surface area contributed by atoms with E-state index in [-0.39, 0.29) is 12.0 Å². The number of rotatable bonds is 6. The summed E-state index contributed by atoms with van der Waals surface area (Å²) in [7, 11) is 1.81. The van der Waals surface area contributed by atoms with Gasteiger partial charge < -0.3 is 9.64 Å². The summed E-state index contributed by atoms with van der Waals surface area (Å²) in [6.45, 7) is 0.483. The van der Waals surface area contributed by atoms with Crippen LogP contribution in [0.25, 0.3) is 0 Å². The normalized spacial score (nSPS) is 16.0. The molecule has 0 spiro atoms. The first kappa shape index (κ1) is 16.7. The maximum absolute atomic E-state index is 13.0. The molecule has 0 radical (unpaired) electrons. The van der Waals surface area contributed by atoms with E-state index < -0.39 is 6.10 Å². The van der Waals surface area contributed by atoms with Gasteiger partial charge in [0.15, 0.2) is 6.10 Å². The van der Waals surface area contributed by atoms with Crippen molar-refractivity contribution in [2.24, 2.45) is 0 Å². The predicted molar refractivity (Wildman–Crippen MR) is 93.2 cm³/mol. The molecule has 1 aliphatic rings. The number of amides is 1. The van der Waals surface area contributed by atoms with E-state index in [0.717, 1.165) is 24.1 Å². The Hall–Kier alpha value is -2.20. The molecule has 1 aliphatic carbocycles. The van der Waals surface area contributed by atoms with E-state index in [9.17, 15) is 4.79 Å². The molecule has 1 saturated carbocycles. The quantitative estimate of drug-likeness (QED) is 0.813. The minimum Gasteiger partial charge on any atom is -0.360 e. The van der Waals surface area contributed by atoms with E-state index in [1.807, 2.05) is 55.6 Å². The van der Waals surface area contributed by atoms with E-state index in [4.69, 9.17) is 4.74 Å². The van der Waals surface area contributed by atoms with Gasteiger partial charge in [-0.3, -0.25) is 9.78 Å². The fraction of sp³-hybridized carbons (Fsp3) is 0.400. The molecule has 2 aromatic rings.